The third kappa shape index (κ3) is 3.94. The van der Waals surface area contributed by atoms with E-state index in [2.05, 4.69) is 45.1 Å². The van der Waals surface area contributed by atoms with Crippen molar-refractivity contribution in [2.24, 2.45) is 5.92 Å². The van der Waals surface area contributed by atoms with Gasteiger partial charge in [-0.1, -0.05) is 13.8 Å². The van der Waals surface area contributed by atoms with Crippen LogP contribution in [0, 0.1) is 5.92 Å². The molecule has 112 valence electrons. The summed E-state index contributed by atoms with van der Waals surface area (Å²) in [6.07, 6.45) is 0.882. The number of aromatic hydroxyl groups is 1. The highest BCUT2D eigenvalue weighted by Crippen LogP contribution is 2.29. The minimum absolute atomic E-state index is 0.241. The predicted molar refractivity (Wildman–Crippen MR) is 89.5 cm³/mol. The number of hydrogen-bond donors (Lipinski definition) is 2. The van der Waals surface area contributed by atoms with E-state index in [0.29, 0.717) is 11.7 Å². The molecule has 4 nitrogen and oxygen atoms in total. The van der Waals surface area contributed by atoms with E-state index >= 15 is 0 Å². The molecule has 0 saturated heterocycles. The van der Waals surface area contributed by atoms with E-state index in [4.69, 9.17) is 0 Å². The molecule has 0 unspecified atom stereocenters. The Labute approximate surface area is 133 Å². The van der Waals surface area contributed by atoms with Crippen molar-refractivity contribution in [3.63, 3.8) is 0 Å². The molecular weight excluding hydrogens is 330 g/mol. The first-order valence-electron chi connectivity index (χ1n) is 7.11. The number of nitrogens with one attached hydrogen (secondary N) is 1. The van der Waals surface area contributed by atoms with Crippen molar-refractivity contribution < 1.29 is 5.11 Å². The topological polar surface area (TPSA) is 58.0 Å². The van der Waals surface area contributed by atoms with Crippen LogP contribution in [0.15, 0.2) is 28.7 Å². The first kappa shape index (κ1) is 15.8. The van der Waals surface area contributed by atoms with Crippen LogP contribution in [0.4, 0.5) is 5.82 Å². The molecule has 1 aromatic carbocycles. The van der Waals surface area contributed by atoms with Crippen molar-refractivity contribution >= 4 is 21.7 Å². The van der Waals surface area contributed by atoms with Crippen molar-refractivity contribution in [3.8, 4) is 17.1 Å². The summed E-state index contributed by atoms with van der Waals surface area (Å²) in [4.78, 5) is 9.25. The van der Waals surface area contributed by atoms with Crippen LogP contribution in [0.25, 0.3) is 11.4 Å². The van der Waals surface area contributed by atoms with Crippen LogP contribution in [-0.4, -0.2) is 21.6 Å². The van der Waals surface area contributed by atoms with Crippen LogP contribution < -0.4 is 5.32 Å². The number of aromatic nitrogens is 2. The number of rotatable bonds is 5. The molecule has 0 spiro atoms. The van der Waals surface area contributed by atoms with Gasteiger partial charge in [0.2, 0.25) is 0 Å². The lowest BCUT2D eigenvalue weighted by Crippen LogP contribution is -2.08. The summed E-state index contributed by atoms with van der Waals surface area (Å²) < 4.78 is 0.931. The van der Waals surface area contributed by atoms with Crippen molar-refractivity contribution in [1.82, 2.24) is 9.97 Å². The molecule has 1 aromatic heterocycles. The second-order valence-electron chi connectivity index (χ2n) is 5.33. The van der Waals surface area contributed by atoms with Crippen LogP contribution in [0.1, 0.15) is 26.5 Å². The Bertz CT molecular complexity index is 612. The third-order valence-corrected chi connectivity index (χ3v) is 3.82. The second-order valence-corrected chi connectivity index (χ2v) is 6.12. The van der Waals surface area contributed by atoms with Crippen molar-refractivity contribution in [2.75, 3.05) is 11.9 Å². The largest absolute Gasteiger partial charge is 0.508 e. The zero-order valence-corrected chi connectivity index (χ0v) is 14.1. The lowest BCUT2D eigenvalue weighted by molar-refractivity contribution is 0.475. The van der Waals surface area contributed by atoms with Gasteiger partial charge in [-0.15, -0.1) is 0 Å². The molecule has 0 saturated carbocycles. The van der Waals surface area contributed by atoms with Crippen LogP contribution in [0.5, 0.6) is 5.75 Å². The highest BCUT2D eigenvalue weighted by Gasteiger charge is 2.14. The summed E-state index contributed by atoms with van der Waals surface area (Å²) in [5.74, 6) is 2.24. The van der Waals surface area contributed by atoms with E-state index in [1.807, 2.05) is 19.1 Å². The first-order chi connectivity index (χ1) is 10.0. The van der Waals surface area contributed by atoms with Gasteiger partial charge in [0.05, 0.1) is 10.2 Å². The maximum absolute atomic E-state index is 9.40. The van der Waals surface area contributed by atoms with Gasteiger partial charge in [0.15, 0.2) is 5.82 Å². The Balaban J connectivity index is 2.49. The Morgan fingerprint density at radius 3 is 2.43 bits per heavy atom. The molecule has 0 amide bonds. The molecule has 2 rings (SSSR count). The summed E-state index contributed by atoms with van der Waals surface area (Å²) in [7, 11) is 0. The minimum atomic E-state index is 0.241. The molecule has 2 aromatic rings. The van der Waals surface area contributed by atoms with Crippen molar-refractivity contribution in [1.29, 1.82) is 0 Å². The van der Waals surface area contributed by atoms with Gasteiger partial charge in [0, 0.05) is 12.1 Å². The number of phenolic OH excluding ortho intramolecular Hbond substituents is 1. The lowest BCUT2D eigenvalue weighted by Gasteiger charge is -2.13. The normalized spacial score (nSPS) is 10.9. The monoisotopic (exact) mass is 349 g/mol. The van der Waals surface area contributed by atoms with E-state index < -0.39 is 0 Å². The molecule has 0 bridgehead atoms. The number of phenols is 1. The third-order valence-electron chi connectivity index (χ3n) is 2.99. The van der Waals surface area contributed by atoms with Gasteiger partial charge >= 0.3 is 0 Å². The fourth-order valence-corrected chi connectivity index (χ4v) is 2.52. The van der Waals surface area contributed by atoms with Crippen molar-refractivity contribution in [2.45, 2.75) is 27.2 Å². The van der Waals surface area contributed by atoms with Gasteiger partial charge < -0.3 is 10.4 Å². The lowest BCUT2D eigenvalue weighted by atomic mass is 10.1. The molecular formula is C16H20BrN3O. The average Bonchev–Trinajstić information content (AvgIpc) is 2.43. The predicted octanol–water partition coefficient (Wildman–Crippen LogP) is 4.24. The highest BCUT2D eigenvalue weighted by atomic mass is 79.9. The Hall–Kier alpha value is -1.62. The molecule has 0 aliphatic rings. The molecule has 0 fully saturated rings. The fourth-order valence-electron chi connectivity index (χ4n) is 2.04. The van der Waals surface area contributed by atoms with E-state index in [1.165, 1.54) is 0 Å². The maximum Gasteiger partial charge on any atom is 0.161 e. The van der Waals surface area contributed by atoms with Crippen LogP contribution in [0.2, 0.25) is 0 Å². The molecule has 0 aliphatic heterocycles. The highest BCUT2D eigenvalue weighted by molar-refractivity contribution is 9.10. The fraction of sp³-hybridized carbons (Fsp3) is 0.375. The summed E-state index contributed by atoms with van der Waals surface area (Å²) in [6, 6.07) is 6.95. The van der Waals surface area contributed by atoms with Gasteiger partial charge in [-0.05, 0) is 59.5 Å². The Morgan fingerprint density at radius 1 is 1.19 bits per heavy atom. The number of nitrogens with zero attached hydrogens (tertiary/aromatic N) is 2. The van der Waals surface area contributed by atoms with Gasteiger partial charge in [-0.3, -0.25) is 0 Å². The average molecular weight is 350 g/mol. The zero-order chi connectivity index (χ0) is 15.4. The van der Waals surface area contributed by atoms with E-state index in [9.17, 15) is 5.11 Å². The van der Waals surface area contributed by atoms with Crippen LogP contribution >= 0.6 is 15.9 Å². The summed E-state index contributed by atoms with van der Waals surface area (Å²) in [5.41, 5.74) is 1.89. The molecule has 21 heavy (non-hydrogen) atoms. The summed E-state index contributed by atoms with van der Waals surface area (Å²) in [6.45, 7) is 7.17. The number of benzene rings is 1. The molecule has 5 heteroatoms. The molecule has 2 N–H and O–H groups in total. The molecule has 0 aliphatic carbocycles. The Kier molecular flexibility index (Phi) is 5.17. The smallest absolute Gasteiger partial charge is 0.161 e. The number of halogens is 1. The van der Waals surface area contributed by atoms with Crippen molar-refractivity contribution in [3.05, 3.63) is 34.4 Å². The summed E-state index contributed by atoms with van der Waals surface area (Å²) in [5, 5.41) is 12.7. The van der Waals surface area contributed by atoms with Crippen LogP contribution in [0.3, 0.4) is 0 Å². The second kappa shape index (κ2) is 6.89. The number of anilines is 1. The van der Waals surface area contributed by atoms with E-state index in [-0.39, 0.29) is 5.75 Å². The standard InChI is InChI=1S/C16H20BrN3O/c1-4-18-16-14(17)13(9-10(2)3)19-15(20-16)11-5-7-12(21)8-6-11/h5-8,10,21H,4,9H2,1-3H3,(H,18,19,20). The SMILES string of the molecule is CCNc1nc(-c2ccc(O)cc2)nc(CC(C)C)c1Br. The minimum Gasteiger partial charge on any atom is -0.508 e. The summed E-state index contributed by atoms with van der Waals surface area (Å²) >= 11 is 3.60. The van der Waals surface area contributed by atoms with Gasteiger partial charge in [-0.25, -0.2) is 9.97 Å². The van der Waals surface area contributed by atoms with E-state index in [0.717, 1.165) is 34.5 Å². The molecule has 0 atom stereocenters. The van der Waals surface area contributed by atoms with Crippen LogP contribution in [-0.2, 0) is 6.42 Å². The van der Waals surface area contributed by atoms with Gasteiger partial charge in [0.1, 0.15) is 11.6 Å². The number of hydrogen-bond acceptors (Lipinski definition) is 4. The first-order valence-corrected chi connectivity index (χ1v) is 7.90. The van der Waals surface area contributed by atoms with E-state index in [1.54, 1.807) is 12.1 Å². The maximum atomic E-state index is 9.40. The van der Waals surface area contributed by atoms with Gasteiger partial charge in [-0.2, -0.15) is 0 Å². The molecule has 1 heterocycles. The van der Waals surface area contributed by atoms with Gasteiger partial charge in [0.25, 0.3) is 0 Å². The molecule has 0 radical (unpaired) electrons. The quantitative estimate of drug-likeness (QED) is 0.847. The Morgan fingerprint density at radius 2 is 1.86 bits per heavy atom. The zero-order valence-electron chi connectivity index (χ0n) is 12.5.